The van der Waals surface area contributed by atoms with Crippen LogP contribution in [0.2, 0.25) is 0 Å². The topological polar surface area (TPSA) is 38.7 Å². The van der Waals surface area contributed by atoms with Crippen molar-refractivity contribution in [3.05, 3.63) is 18.2 Å². The standard InChI is InChI=1S/C10H14O3S/c1-7(11)14-8-4-5-9(12-2)10(6-8)13-3/h4-7,11H,1-3H3. The van der Waals surface area contributed by atoms with Crippen molar-refractivity contribution in [3.63, 3.8) is 0 Å². The van der Waals surface area contributed by atoms with Gasteiger partial charge in [-0.05, 0) is 25.1 Å². The molecule has 1 aromatic carbocycles. The summed E-state index contributed by atoms with van der Waals surface area (Å²) in [6.45, 7) is 1.72. The van der Waals surface area contributed by atoms with Crippen LogP contribution in [0.3, 0.4) is 0 Å². The fourth-order valence-electron chi connectivity index (χ4n) is 1.09. The number of aliphatic hydroxyl groups excluding tert-OH is 1. The molecule has 0 aromatic heterocycles. The maximum absolute atomic E-state index is 9.19. The Morgan fingerprint density at radius 3 is 2.36 bits per heavy atom. The van der Waals surface area contributed by atoms with Gasteiger partial charge in [-0.25, -0.2) is 0 Å². The van der Waals surface area contributed by atoms with Crippen molar-refractivity contribution in [2.24, 2.45) is 0 Å². The third-order valence-electron chi connectivity index (χ3n) is 1.66. The fourth-order valence-corrected chi connectivity index (χ4v) is 1.80. The molecule has 0 amide bonds. The second-order valence-electron chi connectivity index (χ2n) is 2.73. The molecule has 0 aliphatic rings. The summed E-state index contributed by atoms with van der Waals surface area (Å²) < 4.78 is 10.2. The number of rotatable bonds is 4. The molecule has 0 aliphatic carbocycles. The van der Waals surface area contributed by atoms with Gasteiger partial charge in [-0.3, -0.25) is 0 Å². The third-order valence-corrected chi connectivity index (χ3v) is 2.53. The molecular weight excluding hydrogens is 200 g/mol. The van der Waals surface area contributed by atoms with Gasteiger partial charge in [0.2, 0.25) is 0 Å². The number of benzene rings is 1. The zero-order valence-corrected chi connectivity index (χ0v) is 9.30. The summed E-state index contributed by atoms with van der Waals surface area (Å²) in [4.78, 5) is 0.956. The summed E-state index contributed by atoms with van der Waals surface area (Å²) in [6, 6.07) is 5.55. The molecule has 1 rings (SSSR count). The minimum atomic E-state index is -0.423. The first-order chi connectivity index (χ1) is 6.67. The second kappa shape index (κ2) is 5.12. The van der Waals surface area contributed by atoms with Gasteiger partial charge in [-0.2, -0.15) is 0 Å². The van der Waals surface area contributed by atoms with E-state index in [0.717, 1.165) is 4.90 Å². The van der Waals surface area contributed by atoms with Gasteiger partial charge in [0.05, 0.1) is 14.2 Å². The Labute approximate surface area is 88.0 Å². The highest BCUT2D eigenvalue weighted by Crippen LogP contribution is 2.32. The third kappa shape index (κ3) is 2.82. The molecule has 0 spiro atoms. The molecular formula is C10H14O3S. The number of thioether (sulfide) groups is 1. The van der Waals surface area contributed by atoms with Crippen LogP contribution in [0.1, 0.15) is 6.92 Å². The van der Waals surface area contributed by atoms with Crippen LogP contribution in [0.25, 0.3) is 0 Å². The van der Waals surface area contributed by atoms with E-state index < -0.39 is 5.44 Å². The summed E-state index contributed by atoms with van der Waals surface area (Å²) >= 11 is 1.37. The van der Waals surface area contributed by atoms with Gasteiger partial charge in [-0.1, -0.05) is 11.8 Å². The minimum Gasteiger partial charge on any atom is -0.493 e. The Morgan fingerprint density at radius 1 is 1.21 bits per heavy atom. The summed E-state index contributed by atoms with van der Waals surface area (Å²) in [7, 11) is 3.19. The second-order valence-corrected chi connectivity index (χ2v) is 4.12. The van der Waals surface area contributed by atoms with Gasteiger partial charge in [0.25, 0.3) is 0 Å². The molecule has 0 saturated heterocycles. The monoisotopic (exact) mass is 214 g/mol. The Kier molecular flexibility index (Phi) is 4.10. The van der Waals surface area contributed by atoms with Gasteiger partial charge in [-0.15, -0.1) is 0 Å². The van der Waals surface area contributed by atoms with Crippen molar-refractivity contribution in [1.29, 1.82) is 0 Å². The first-order valence-electron chi connectivity index (χ1n) is 4.24. The summed E-state index contributed by atoms with van der Waals surface area (Å²) in [6.07, 6.45) is 0. The lowest BCUT2D eigenvalue weighted by molar-refractivity contribution is 0.284. The van der Waals surface area contributed by atoms with Crippen LogP contribution in [0, 0.1) is 0 Å². The molecule has 4 heteroatoms. The lowest BCUT2D eigenvalue weighted by Gasteiger charge is -2.09. The minimum absolute atomic E-state index is 0.423. The number of hydrogen-bond acceptors (Lipinski definition) is 4. The van der Waals surface area contributed by atoms with Crippen molar-refractivity contribution in [1.82, 2.24) is 0 Å². The van der Waals surface area contributed by atoms with Gasteiger partial charge >= 0.3 is 0 Å². The van der Waals surface area contributed by atoms with Crippen molar-refractivity contribution in [2.45, 2.75) is 17.3 Å². The number of hydrogen-bond donors (Lipinski definition) is 1. The average Bonchev–Trinajstić information content (AvgIpc) is 2.16. The molecule has 0 saturated carbocycles. The van der Waals surface area contributed by atoms with E-state index in [1.807, 2.05) is 18.2 Å². The first kappa shape index (κ1) is 11.2. The quantitative estimate of drug-likeness (QED) is 0.615. The molecule has 0 fully saturated rings. The first-order valence-corrected chi connectivity index (χ1v) is 5.12. The fraction of sp³-hybridized carbons (Fsp3) is 0.400. The Hall–Kier alpha value is -0.870. The van der Waals surface area contributed by atoms with E-state index in [9.17, 15) is 5.11 Å². The Balaban J connectivity index is 2.89. The van der Waals surface area contributed by atoms with Crippen LogP contribution in [-0.2, 0) is 0 Å². The van der Waals surface area contributed by atoms with E-state index in [1.165, 1.54) is 11.8 Å². The molecule has 1 aromatic rings. The molecule has 78 valence electrons. The van der Waals surface area contributed by atoms with E-state index in [1.54, 1.807) is 21.1 Å². The van der Waals surface area contributed by atoms with Crippen LogP contribution in [0.15, 0.2) is 23.1 Å². The zero-order chi connectivity index (χ0) is 10.6. The van der Waals surface area contributed by atoms with Gasteiger partial charge in [0, 0.05) is 4.90 Å². The molecule has 0 heterocycles. The van der Waals surface area contributed by atoms with E-state index in [0.29, 0.717) is 11.5 Å². The molecule has 1 N–H and O–H groups in total. The molecule has 1 atom stereocenters. The Bertz CT molecular complexity index is 299. The highest BCUT2D eigenvalue weighted by Gasteiger charge is 2.06. The van der Waals surface area contributed by atoms with Crippen LogP contribution in [-0.4, -0.2) is 24.8 Å². The number of aliphatic hydroxyl groups is 1. The average molecular weight is 214 g/mol. The van der Waals surface area contributed by atoms with Gasteiger partial charge in [0.15, 0.2) is 11.5 Å². The van der Waals surface area contributed by atoms with Crippen molar-refractivity contribution < 1.29 is 14.6 Å². The lowest BCUT2D eigenvalue weighted by Crippen LogP contribution is -1.93. The smallest absolute Gasteiger partial charge is 0.161 e. The number of methoxy groups -OCH3 is 2. The van der Waals surface area contributed by atoms with Crippen LogP contribution >= 0.6 is 11.8 Å². The number of ether oxygens (including phenoxy) is 2. The van der Waals surface area contributed by atoms with Crippen LogP contribution < -0.4 is 9.47 Å². The summed E-state index contributed by atoms with van der Waals surface area (Å²) in [5, 5.41) is 9.19. The molecule has 3 nitrogen and oxygen atoms in total. The highest BCUT2D eigenvalue weighted by atomic mass is 32.2. The molecule has 14 heavy (non-hydrogen) atoms. The van der Waals surface area contributed by atoms with E-state index in [4.69, 9.17) is 9.47 Å². The predicted octanol–water partition coefficient (Wildman–Crippen LogP) is 2.13. The largest absolute Gasteiger partial charge is 0.493 e. The Morgan fingerprint density at radius 2 is 1.86 bits per heavy atom. The van der Waals surface area contributed by atoms with E-state index in [-0.39, 0.29) is 0 Å². The van der Waals surface area contributed by atoms with Crippen molar-refractivity contribution in [3.8, 4) is 11.5 Å². The van der Waals surface area contributed by atoms with E-state index in [2.05, 4.69) is 0 Å². The molecule has 0 aliphatic heterocycles. The normalized spacial score (nSPS) is 12.3. The van der Waals surface area contributed by atoms with Gasteiger partial charge in [0.1, 0.15) is 5.44 Å². The highest BCUT2D eigenvalue weighted by molar-refractivity contribution is 7.99. The van der Waals surface area contributed by atoms with E-state index >= 15 is 0 Å². The van der Waals surface area contributed by atoms with Gasteiger partial charge < -0.3 is 14.6 Å². The SMILES string of the molecule is COc1ccc(SC(C)O)cc1OC. The molecule has 0 radical (unpaired) electrons. The maximum Gasteiger partial charge on any atom is 0.161 e. The zero-order valence-electron chi connectivity index (χ0n) is 8.48. The molecule has 0 bridgehead atoms. The molecule has 1 unspecified atom stereocenters. The van der Waals surface area contributed by atoms with Crippen LogP contribution in [0.5, 0.6) is 11.5 Å². The van der Waals surface area contributed by atoms with Crippen molar-refractivity contribution >= 4 is 11.8 Å². The predicted molar refractivity (Wildman–Crippen MR) is 57.1 cm³/mol. The van der Waals surface area contributed by atoms with Crippen LogP contribution in [0.4, 0.5) is 0 Å². The summed E-state index contributed by atoms with van der Waals surface area (Å²) in [5.74, 6) is 1.38. The van der Waals surface area contributed by atoms with Crippen molar-refractivity contribution in [2.75, 3.05) is 14.2 Å². The maximum atomic E-state index is 9.19. The lowest BCUT2D eigenvalue weighted by atomic mass is 10.3. The summed E-state index contributed by atoms with van der Waals surface area (Å²) in [5.41, 5.74) is -0.423.